The first-order valence-corrected chi connectivity index (χ1v) is 9.70. The summed E-state index contributed by atoms with van der Waals surface area (Å²) in [6.07, 6.45) is 1.73. The molecule has 0 unspecified atom stereocenters. The summed E-state index contributed by atoms with van der Waals surface area (Å²) in [6.45, 7) is 3.75. The van der Waals surface area contributed by atoms with Gasteiger partial charge < -0.3 is 5.32 Å². The van der Waals surface area contributed by atoms with Gasteiger partial charge in [-0.1, -0.05) is 6.92 Å². The number of aromatic nitrogens is 1. The van der Waals surface area contributed by atoms with E-state index in [-0.39, 0.29) is 35.4 Å². The fourth-order valence-electron chi connectivity index (χ4n) is 2.31. The van der Waals surface area contributed by atoms with Gasteiger partial charge in [-0.15, -0.1) is 23.1 Å². The molecule has 1 aromatic heterocycles. The van der Waals surface area contributed by atoms with Crippen molar-refractivity contribution in [1.29, 1.82) is 0 Å². The molecule has 0 spiro atoms. The Hall–Kier alpha value is -1.54. The fraction of sp³-hybridized carbons (Fsp3) is 0.562. The van der Waals surface area contributed by atoms with Crippen LogP contribution in [0.25, 0.3) is 0 Å². The normalized spacial score (nSPS) is 21.2. The average molecular weight is 365 g/mol. The van der Waals surface area contributed by atoms with Crippen molar-refractivity contribution in [1.82, 2.24) is 10.3 Å². The van der Waals surface area contributed by atoms with E-state index in [1.54, 1.807) is 17.1 Å². The monoisotopic (exact) mass is 365 g/mol. The molecule has 1 saturated carbocycles. The van der Waals surface area contributed by atoms with Crippen LogP contribution in [0.3, 0.4) is 0 Å². The maximum atomic E-state index is 11.9. The van der Waals surface area contributed by atoms with Crippen molar-refractivity contribution in [2.24, 2.45) is 10.4 Å². The molecule has 6 nitrogen and oxygen atoms in total. The predicted octanol–water partition coefficient (Wildman–Crippen LogP) is 2.41. The predicted molar refractivity (Wildman–Crippen MR) is 94.7 cm³/mol. The minimum Gasteiger partial charge on any atom is -0.350 e. The molecule has 0 bridgehead atoms. The van der Waals surface area contributed by atoms with Crippen molar-refractivity contribution >= 4 is 45.6 Å². The van der Waals surface area contributed by atoms with Gasteiger partial charge in [0.1, 0.15) is 22.5 Å². The third-order valence-corrected chi connectivity index (χ3v) is 6.32. The van der Waals surface area contributed by atoms with Crippen molar-refractivity contribution in [2.45, 2.75) is 39.2 Å². The Kier molecular flexibility index (Phi) is 4.87. The van der Waals surface area contributed by atoms with Crippen LogP contribution in [-0.4, -0.2) is 39.8 Å². The number of hydrogen-bond donors (Lipinski definition) is 1. The number of Topliss-reactive ketones (excluding diaryl/α,β-unsaturated/α-hetero) is 2. The molecule has 2 heterocycles. The maximum absolute atomic E-state index is 11.9. The third kappa shape index (κ3) is 3.92. The number of ketones is 2. The van der Waals surface area contributed by atoms with Gasteiger partial charge in [-0.25, -0.2) is 4.98 Å². The number of thiazole rings is 1. The Balaban J connectivity index is 1.50. The van der Waals surface area contributed by atoms with Gasteiger partial charge in [-0.2, -0.15) is 0 Å². The lowest BCUT2D eigenvalue weighted by Crippen LogP contribution is -2.31. The largest absolute Gasteiger partial charge is 0.350 e. The summed E-state index contributed by atoms with van der Waals surface area (Å²) in [6, 6.07) is -0.0630. The van der Waals surface area contributed by atoms with Gasteiger partial charge in [0.05, 0.1) is 18.0 Å². The smallest absolute Gasteiger partial charge is 0.227 e. The van der Waals surface area contributed by atoms with Gasteiger partial charge in [0.2, 0.25) is 5.91 Å². The second-order valence-corrected chi connectivity index (χ2v) is 8.40. The van der Waals surface area contributed by atoms with E-state index in [4.69, 9.17) is 0 Å². The van der Waals surface area contributed by atoms with Gasteiger partial charge in [0, 0.05) is 23.5 Å². The van der Waals surface area contributed by atoms with Gasteiger partial charge in [-0.3, -0.25) is 19.4 Å². The van der Waals surface area contributed by atoms with E-state index in [1.165, 1.54) is 18.3 Å². The molecule has 24 heavy (non-hydrogen) atoms. The highest BCUT2D eigenvalue weighted by Crippen LogP contribution is 2.46. The van der Waals surface area contributed by atoms with E-state index in [0.717, 1.165) is 28.6 Å². The van der Waals surface area contributed by atoms with Crippen molar-refractivity contribution in [2.75, 3.05) is 12.3 Å². The standard InChI is InChI=1S/C16H19N3O3S2/c1-9(20)10-7-24-15(19-10)11-8-23-14(18-11)6-17-13(22)5-12(21)16(2)3-4-16/h7,11H,3-6,8H2,1-2H3,(H,17,22)/t11-/m0/s1. The molecule has 1 N–H and O–H groups in total. The number of rotatable bonds is 7. The van der Waals surface area contributed by atoms with E-state index in [1.807, 2.05) is 6.92 Å². The highest BCUT2D eigenvalue weighted by atomic mass is 32.2. The summed E-state index contributed by atoms with van der Waals surface area (Å²) in [5, 5.41) is 6.18. The molecule has 1 fully saturated rings. The molecule has 0 aromatic carbocycles. The van der Waals surface area contributed by atoms with E-state index in [9.17, 15) is 14.4 Å². The van der Waals surface area contributed by atoms with Crippen LogP contribution in [0, 0.1) is 5.41 Å². The number of thioether (sulfide) groups is 1. The molecular weight excluding hydrogens is 346 g/mol. The topological polar surface area (TPSA) is 88.5 Å². The number of amides is 1. The minimum atomic E-state index is -0.263. The first-order valence-electron chi connectivity index (χ1n) is 7.83. The van der Waals surface area contributed by atoms with E-state index >= 15 is 0 Å². The molecule has 0 radical (unpaired) electrons. The number of nitrogens with one attached hydrogen (secondary N) is 1. The molecule has 3 rings (SSSR count). The Bertz CT molecular complexity index is 722. The molecule has 1 aliphatic heterocycles. The molecule has 0 saturated heterocycles. The molecule has 1 aliphatic carbocycles. The van der Waals surface area contributed by atoms with Crippen molar-refractivity contribution < 1.29 is 14.4 Å². The van der Waals surface area contributed by atoms with Crippen LogP contribution < -0.4 is 5.32 Å². The van der Waals surface area contributed by atoms with E-state index in [2.05, 4.69) is 15.3 Å². The second-order valence-electron chi connectivity index (χ2n) is 6.41. The zero-order chi connectivity index (χ0) is 17.3. The average Bonchev–Trinajstić information content (AvgIpc) is 2.96. The van der Waals surface area contributed by atoms with Crippen LogP contribution in [0.1, 0.15) is 54.6 Å². The highest BCUT2D eigenvalue weighted by molar-refractivity contribution is 8.14. The van der Waals surface area contributed by atoms with Crippen molar-refractivity contribution in [3.8, 4) is 0 Å². The second kappa shape index (κ2) is 6.76. The lowest BCUT2D eigenvalue weighted by molar-refractivity contribution is -0.130. The molecule has 1 amide bonds. The van der Waals surface area contributed by atoms with Crippen LogP contribution in [0.4, 0.5) is 0 Å². The number of nitrogens with zero attached hydrogens (tertiary/aromatic N) is 2. The van der Waals surface area contributed by atoms with Crippen LogP contribution in [-0.2, 0) is 9.59 Å². The molecular formula is C16H19N3O3S2. The van der Waals surface area contributed by atoms with Crippen LogP contribution >= 0.6 is 23.1 Å². The Labute approximate surface area is 148 Å². The third-order valence-electron chi connectivity index (χ3n) is 4.31. The number of carbonyl (C=O) groups excluding carboxylic acids is 3. The van der Waals surface area contributed by atoms with Crippen LogP contribution in [0.2, 0.25) is 0 Å². The van der Waals surface area contributed by atoms with Crippen molar-refractivity contribution in [3.05, 3.63) is 16.1 Å². The van der Waals surface area contributed by atoms with Crippen molar-refractivity contribution in [3.63, 3.8) is 0 Å². The fourth-order valence-corrected chi connectivity index (χ4v) is 4.27. The first kappa shape index (κ1) is 17.3. The summed E-state index contributed by atoms with van der Waals surface area (Å²) in [4.78, 5) is 43.9. The summed E-state index contributed by atoms with van der Waals surface area (Å²) in [5.41, 5.74) is 0.213. The summed E-state index contributed by atoms with van der Waals surface area (Å²) < 4.78 is 0. The minimum absolute atomic E-state index is 0.0263. The number of hydrogen-bond acceptors (Lipinski definition) is 7. The number of aliphatic imine (C=N–C) groups is 1. The summed E-state index contributed by atoms with van der Waals surface area (Å²) in [5.74, 6) is 0.493. The summed E-state index contributed by atoms with van der Waals surface area (Å²) in [7, 11) is 0. The molecule has 128 valence electrons. The molecule has 8 heteroatoms. The Morgan fingerprint density at radius 1 is 1.38 bits per heavy atom. The lowest BCUT2D eigenvalue weighted by Gasteiger charge is -2.07. The van der Waals surface area contributed by atoms with Gasteiger partial charge in [-0.05, 0) is 12.8 Å². The van der Waals surface area contributed by atoms with Gasteiger partial charge in [0.15, 0.2) is 5.78 Å². The quantitative estimate of drug-likeness (QED) is 0.592. The first-order chi connectivity index (χ1) is 11.4. The zero-order valence-corrected chi connectivity index (χ0v) is 15.3. The van der Waals surface area contributed by atoms with Gasteiger partial charge >= 0.3 is 0 Å². The Morgan fingerprint density at radius 2 is 2.12 bits per heavy atom. The lowest BCUT2D eigenvalue weighted by atomic mass is 10.0. The SMILES string of the molecule is CC(=O)c1csc([C@@H]2CSC(CNC(=O)CC(=O)C3(C)CC3)=N2)n1. The summed E-state index contributed by atoms with van der Waals surface area (Å²) >= 11 is 3.01. The molecule has 1 aromatic rings. The molecule has 1 atom stereocenters. The Morgan fingerprint density at radius 3 is 2.75 bits per heavy atom. The van der Waals surface area contributed by atoms with Gasteiger partial charge in [0.25, 0.3) is 0 Å². The van der Waals surface area contributed by atoms with Crippen LogP contribution in [0.15, 0.2) is 10.4 Å². The number of carbonyl (C=O) groups is 3. The molecule has 2 aliphatic rings. The highest BCUT2D eigenvalue weighted by Gasteiger charge is 2.44. The van der Waals surface area contributed by atoms with E-state index in [0.29, 0.717) is 12.2 Å². The van der Waals surface area contributed by atoms with E-state index < -0.39 is 0 Å². The maximum Gasteiger partial charge on any atom is 0.227 e. The van der Waals surface area contributed by atoms with Crippen LogP contribution in [0.5, 0.6) is 0 Å². The zero-order valence-electron chi connectivity index (χ0n) is 13.6.